The molecule has 2 heterocycles. The van der Waals surface area contributed by atoms with Crippen LogP contribution in [0, 0.1) is 0 Å². The number of anilines is 3. The summed E-state index contributed by atoms with van der Waals surface area (Å²) in [6, 6.07) is 68.1. The van der Waals surface area contributed by atoms with Crippen molar-refractivity contribution in [2.45, 2.75) is 9.79 Å². The first-order valence-electron chi connectivity index (χ1n) is 18.0. The molecule has 0 N–H and O–H groups in total. The molecule has 0 unspecified atom stereocenters. The van der Waals surface area contributed by atoms with Gasteiger partial charge in [0.15, 0.2) is 17.5 Å². The Kier molecular flexibility index (Phi) is 8.04. The highest BCUT2D eigenvalue weighted by molar-refractivity contribution is 7.99. The number of hydrogen-bond donors (Lipinski definition) is 0. The van der Waals surface area contributed by atoms with E-state index < -0.39 is 0 Å². The second kappa shape index (κ2) is 13.6. The maximum atomic E-state index is 5.02. The summed E-state index contributed by atoms with van der Waals surface area (Å²) in [5.74, 6) is 1.97. The van der Waals surface area contributed by atoms with E-state index in [1.54, 1.807) is 0 Å². The molecule has 0 amide bonds. The minimum absolute atomic E-state index is 0.655. The number of rotatable bonds is 7. The Morgan fingerprint density at radius 2 is 0.833 bits per heavy atom. The summed E-state index contributed by atoms with van der Waals surface area (Å²) in [5.41, 5.74) is 11.0. The Morgan fingerprint density at radius 3 is 1.43 bits per heavy atom. The molecule has 0 bridgehead atoms. The van der Waals surface area contributed by atoms with E-state index in [2.05, 4.69) is 138 Å². The zero-order chi connectivity index (χ0) is 35.8. The lowest BCUT2D eigenvalue weighted by Gasteiger charge is -2.26. The van der Waals surface area contributed by atoms with E-state index in [9.17, 15) is 0 Å². The molecular formula is C49H32N4S. The molecule has 1 aliphatic rings. The predicted molar refractivity (Wildman–Crippen MR) is 223 cm³/mol. The number of para-hydroxylation sites is 2. The highest BCUT2D eigenvalue weighted by Gasteiger charge is 2.23. The van der Waals surface area contributed by atoms with Gasteiger partial charge in [0.25, 0.3) is 0 Å². The van der Waals surface area contributed by atoms with Crippen LogP contribution in [-0.4, -0.2) is 15.0 Å². The van der Waals surface area contributed by atoms with Gasteiger partial charge in [0.05, 0.1) is 0 Å². The van der Waals surface area contributed by atoms with E-state index in [-0.39, 0.29) is 0 Å². The first-order valence-corrected chi connectivity index (χ1v) is 18.8. The zero-order valence-corrected chi connectivity index (χ0v) is 30.0. The molecule has 5 heteroatoms. The van der Waals surface area contributed by atoms with Crippen LogP contribution in [-0.2, 0) is 0 Å². The van der Waals surface area contributed by atoms with Crippen molar-refractivity contribution >= 4 is 39.6 Å². The SMILES string of the molecule is c1ccc(-c2nc(-c3ccccc3)nc(-c3ccc4c(c3)-c3cccc5c(-c6ccc(N(c7ccccc7)c7ccccc7)cc6)ccc(c35)S4)n2)cc1. The van der Waals surface area contributed by atoms with Crippen LogP contribution in [0.3, 0.4) is 0 Å². The largest absolute Gasteiger partial charge is 0.311 e. The van der Waals surface area contributed by atoms with E-state index in [0.717, 1.165) is 33.8 Å². The number of hydrogen-bond acceptors (Lipinski definition) is 5. The standard InChI is InChI=1S/C49H32N4S/c1-5-14-34(15-6-1)47-50-48(35-16-7-2-8-17-35)52-49(51-47)36-26-30-44-43(32-36)42-23-13-22-41-40(29-31-45(54-44)46(41)42)33-24-27-39(28-25-33)53(37-18-9-3-10-19-37)38-20-11-4-12-21-38/h1-32H. The monoisotopic (exact) mass is 708 g/mol. The molecule has 254 valence electrons. The Balaban J connectivity index is 1.06. The smallest absolute Gasteiger partial charge is 0.164 e. The molecule has 0 radical (unpaired) electrons. The van der Waals surface area contributed by atoms with Crippen LogP contribution in [0.5, 0.6) is 0 Å². The number of nitrogens with zero attached hydrogens (tertiary/aromatic N) is 4. The van der Waals surface area contributed by atoms with Gasteiger partial charge in [0.1, 0.15) is 0 Å². The maximum absolute atomic E-state index is 5.02. The topological polar surface area (TPSA) is 41.9 Å². The minimum Gasteiger partial charge on any atom is -0.311 e. The molecule has 0 saturated heterocycles. The van der Waals surface area contributed by atoms with Crippen molar-refractivity contribution in [3.63, 3.8) is 0 Å². The summed E-state index contributed by atoms with van der Waals surface area (Å²) in [5, 5.41) is 2.51. The summed E-state index contributed by atoms with van der Waals surface area (Å²) in [7, 11) is 0. The molecule has 9 aromatic rings. The molecule has 8 aromatic carbocycles. The first-order chi connectivity index (χ1) is 26.8. The van der Waals surface area contributed by atoms with Crippen molar-refractivity contribution in [1.82, 2.24) is 15.0 Å². The van der Waals surface area contributed by atoms with Gasteiger partial charge in [-0.3, -0.25) is 0 Å². The van der Waals surface area contributed by atoms with Crippen LogP contribution in [0.25, 0.3) is 67.2 Å². The van der Waals surface area contributed by atoms with Crippen molar-refractivity contribution in [2.24, 2.45) is 0 Å². The number of benzene rings is 8. The fourth-order valence-electron chi connectivity index (χ4n) is 7.35. The highest BCUT2D eigenvalue weighted by Crippen LogP contribution is 2.50. The highest BCUT2D eigenvalue weighted by atomic mass is 32.2. The third-order valence-electron chi connectivity index (χ3n) is 9.91. The van der Waals surface area contributed by atoms with Crippen molar-refractivity contribution < 1.29 is 0 Å². The van der Waals surface area contributed by atoms with Gasteiger partial charge in [0.2, 0.25) is 0 Å². The normalized spacial score (nSPS) is 11.6. The fourth-order valence-corrected chi connectivity index (χ4v) is 8.46. The van der Waals surface area contributed by atoms with E-state index in [1.165, 1.54) is 42.8 Å². The summed E-state index contributed by atoms with van der Waals surface area (Å²) in [6.45, 7) is 0. The average Bonchev–Trinajstić information content (AvgIpc) is 3.25. The van der Waals surface area contributed by atoms with Gasteiger partial charge >= 0.3 is 0 Å². The molecule has 0 saturated carbocycles. The fraction of sp³-hybridized carbons (Fsp3) is 0. The molecule has 0 atom stereocenters. The predicted octanol–water partition coefficient (Wildman–Crippen LogP) is 13.3. The van der Waals surface area contributed by atoms with Crippen LogP contribution < -0.4 is 4.90 Å². The van der Waals surface area contributed by atoms with Crippen molar-refractivity contribution in [2.75, 3.05) is 4.90 Å². The molecule has 4 nitrogen and oxygen atoms in total. The lowest BCUT2D eigenvalue weighted by molar-refractivity contribution is 1.07. The van der Waals surface area contributed by atoms with Gasteiger partial charge < -0.3 is 4.90 Å². The third-order valence-corrected chi connectivity index (χ3v) is 11.1. The summed E-state index contributed by atoms with van der Waals surface area (Å²) in [6.07, 6.45) is 0. The van der Waals surface area contributed by atoms with Crippen molar-refractivity contribution in [3.05, 3.63) is 194 Å². The summed E-state index contributed by atoms with van der Waals surface area (Å²) in [4.78, 5) is 19.7. The van der Waals surface area contributed by atoms with E-state index in [1.807, 2.05) is 72.4 Å². The lowest BCUT2D eigenvalue weighted by Crippen LogP contribution is -2.09. The molecule has 0 spiro atoms. The maximum Gasteiger partial charge on any atom is 0.164 e. The number of fused-ring (bicyclic) bond motifs is 2. The molecular weight excluding hydrogens is 677 g/mol. The van der Waals surface area contributed by atoms with Gasteiger partial charge in [-0.25, -0.2) is 15.0 Å². The minimum atomic E-state index is 0.655. The zero-order valence-electron chi connectivity index (χ0n) is 29.2. The van der Waals surface area contributed by atoms with Gasteiger partial charge in [-0.05, 0) is 82.2 Å². The molecule has 0 aliphatic carbocycles. The lowest BCUT2D eigenvalue weighted by atomic mass is 9.91. The molecule has 1 aromatic heterocycles. The molecule has 10 rings (SSSR count). The van der Waals surface area contributed by atoms with Gasteiger partial charge in [-0.1, -0.05) is 151 Å². The second-order valence-corrected chi connectivity index (χ2v) is 14.3. The van der Waals surface area contributed by atoms with Crippen LogP contribution in [0.4, 0.5) is 17.1 Å². The number of aromatic nitrogens is 3. The van der Waals surface area contributed by atoms with Crippen LogP contribution in [0.15, 0.2) is 204 Å². The summed E-state index contributed by atoms with van der Waals surface area (Å²) < 4.78 is 0. The Morgan fingerprint density at radius 1 is 0.333 bits per heavy atom. The quantitative estimate of drug-likeness (QED) is 0.165. The van der Waals surface area contributed by atoms with E-state index in [4.69, 9.17) is 15.0 Å². The van der Waals surface area contributed by atoms with Crippen LogP contribution in [0.1, 0.15) is 0 Å². The van der Waals surface area contributed by atoms with Gasteiger partial charge in [-0.15, -0.1) is 0 Å². The van der Waals surface area contributed by atoms with E-state index >= 15 is 0 Å². The molecule has 0 fully saturated rings. The third kappa shape index (κ3) is 5.81. The Bertz CT molecular complexity index is 2680. The Labute approximate surface area is 318 Å². The summed E-state index contributed by atoms with van der Waals surface area (Å²) >= 11 is 1.82. The molecule has 54 heavy (non-hydrogen) atoms. The van der Waals surface area contributed by atoms with Gasteiger partial charge in [0, 0.05) is 48.9 Å². The second-order valence-electron chi connectivity index (χ2n) is 13.2. The first kappa shape index (κ1) is 31.9. The molecule has 1 aliphatic heterocycles. The van der Waals surface area contributed by atoms with Crippen molar-refractivity contribution in [3.8, 4) is 56.4 Å². The van der Waals surface area contributed by atoms with E-state index in [0.29, 0.717) is 17.5 Å². The van der Waals surface area contributed by atoms with Crippen LogP contribution in [0.2, 0.25) is 0 Å². The van der Waals surface area contributed by atoms with Crippen molar-refractivity contribution in [1.29, 1.82) is 0 Å². The van der Waals surface area contributed by atoms with Crippen LogP contribution >= 0.6 is 11.8 Å². The van der Waals surface area contributed by atoms with Gasteiger partial charge in [-0.2, -0.15) is 0 Å². The average molecular weight is 709 g/mol. The Hall–Kier alpha value is -6.82.